The number of phenolic OH excluding ortho intramolecular Hbond substituents is 1. The SMILES string of the molecule is COc1ccc(C=O)cc1-c1ccc(O)c(C=O)c1. The molecule has 0 saturated heterocycles. The smallest absolute Gasteiger partial charge is 0.153 e. The molecule has 4 heteroatoms. The molecule has 0 aliphatic carbocycles. The van der Waals surface area contributed by atoms with Crippen molar-refractivity contribution >= 4 is 12.6 Å². The maximum Gasteiger partial charge on any atom is 0.153 e. The molecule has 0 aromatic heterocycles. The Kier molecular flexibility index (Phi) is 3.61. The van der Waals surface area contributed by atoms with Gasteiger partial charge in [0.15, 0.2) is 6.29 Å². The fraction of sp³-hybridized carbons (Fsp3) is 0.0667. The fourth-order valence-electron chi connectivity index (χ4n) is 1.84. The lowest BCUT2D eigenvalue weighted by Gasteiger charge is -2.10. The molecule has 0 bridgehead atoms. The topological polar surface area (TPSA) is 63.6 Å². The van der Waals surface area contributed by atoms with Crippen molar-refractivity contribution in [2.75, 3.05) is 7.11 Å². The molecule has 0 radical (unpaired) electrons. The maximum absolute atomic E-state index is 10.8. The van der Waals surface area contributed by atoms with Crippen LogP contribution in [0.15, 0.2) is 36.4 Å². The number of hydrogen-bond donors (Lipinski definition) is 1. The van der Waals surface area contributed by atoms with Crippen LogP contribution in [0.3, 0.4) is 0 Å². The molecule has 2 aromatic rings. The van der Waals surface area contributed by atoms with Gasteiger partial charge in [-0.05, 0) is 35.9 Å². The molecule has 96 valence electrons. The van der Waals surface area contributed by atoms with Crippen molar-refractivity contribution in [1.82, 2.24) is 0 Å². The van der Waals surface area contributed by atoms with Crippen molar-refractivity contribution in [1.29, 1.82) is 0 Å². The van der Waals surface area contributed by atoms with Crippen molar-refractivity contribution < 1.29 is 19.4 Å². The van der Waals surface area contributed by atoms with Gasteiger partial charge >= 0.3 is 0 Å². The number of phenols is 1. The van der Waals surface area contributed by atoms with Crippen molar-refractivity contribution in [2.45, 2.75) is 0 Å². The predicted octanol–water partition coefficient (Wildman–Crippen LogP) is 2.69. The van der Waals surface area contributed by atoms with Crippen LogP contribution in [0.25, 0.3) is 11.1 Å². The Morgan fingerprint density at radius 1 is 1.05 bits per heavy atom. The Labute approximate surface area is 110 Å². The summed E-state index contributed by atoms with van der Waals surface area (Å²) in [7, 11) is 1.53. The molecule has 0 amide bonds. The Bertz CT molecular complexity index is 632. The molecule has 0 unspecified atom stereocenters. The van der Waals surface area contributed by atoms with Gasteiger partial charge in [0.05, 0.1) is 12.7 Å². The number of ether oxygens (including phenoxy) is 1. The van der Waals surface area contributed by atoms with E-state index >= 15 is 0 Å². The molecule has 0 saturated carbocycles. The lowest BCUT2D eigenvalue weighted by atomic mass is 10.00. The normalized spacial score (nSPS) is 9.95. The molecule has 1 N–H and O–H groups in total. The third-order valence-electron chi connectivity index (χ3n) is 2.83. The lowest BCUT2D eigenvalue weighted by Crippen LogP contribution is -1.91. The molecule has 2 rings (SSSR count). The summed E-state index contributed by atoms with van der Waals surface area (Å²) in [4.78, 5) is 21.7. The van der Waals surface area contributed by atoms with Crippen LogP contribution in [-0.4, -0.2) is 24.8 Å². The summed E-state index contributed by atoms with van der Waals surface area (Å²) in [5.74, 6) is 0.511. The molecule has 19 heavy (non-hydrogen) atoms. The molecule has 2 aromatic carbocycles. The molecule has 0 fully saturated rings. The summed E-state index contributed by atoms with van der Waals surface area (Å²) in [5, 5.41) is 9.49. The highest BCUT2D eigenvalue weighted by atomic mass is 16.5. The minimum atomic E-state index is -0.0794. The molecule has 0 spiro atoms. The minimum absolute atomic E-state index is 0.0794. The second-order valence-corrected chi connectivity index (χ2v) is 3.97. The van der Waals surface area contributed by atoms with Gasteiger partial charge < -0.3 is 9.84 Å². The Balaban J connectivity index is 2.62. The number of carbonyl (C=O) groups excluding carboxylic acids is 2. The monoisotopic (exact) mass is 256 g/mol. The number of aldehydes is 2. The average molecular weight is 256 g/mol. The zero-order chi connectivity index (χ0) is 13.8. The molecular weight excluding hydrogens is 244 g/mol. The Hall–Kier alpha value is -2.62. The standard InChI is InChI=1S/C15H12O4/c1-19-15-5-2-10(8-16)6-13(15)11-3-4-14(18)12(7-11)9-17/h2-9,18H,1H3. The van der Waals surface area contributed by atoms with E-state index in [-0.39, 0.29) is 11.3 Å². The van der Waals surface area contributed by atoms with E-state index in [0.29, 0.717) is 28.7 Å². The molecule has 0 aliphatic heterocycles. The van der Waals surface area contributed by atoms with Gasteiger partial charge in [0.1, 0.15) is 17.8 Å². The van der Waals surface area contributed by atoms with Gasteiger partial charge in [-0.15, -0.1) is 0 Å². The third kappa shape index (κ3) is 2.47. The fourth-order valence-corrected chi connectivity index (χ4v) is 1.84. The van der Waals surface area contributed by atoms with Gasteiger partial charge in [0.2, 0.25) is 0 Å². The predicted molar refractivity (Wildman–Crippen MR) is 70.9 cm³/mol. The van der Waals surface area contributed by atoms with Crippen LogP contribution in [0.5, 0.6) is 11.5 Å². The highest BCUT2D eigenvalue weighted by molar-refractivity contribution is 5.86. The second-order valence-electron chi connectivity index (χ2n) is 3.97. The quantitative estimate of drug-likeness (QED) is 0.854. The summed E-state index contributed by atoms with van der Waals surface area (Å²) in [6, 6.07) is 9.66. The van der Waals surface area contributed by atoms with Gasteiger partial charge in [-0.2, -0.15) is 0 Å². The molecular formula is C15H12O4. The summed E-state index contributed by atoms with van der Waals surface area (Å²) >= 11 is 0. The van der Waals surface area contributed by atoms with E-state index < -0.39 is 0 Å². The highest BCUT2D eigenvalue weighted by Crippen LogP contribution is 2.32. The van der Waals surface area contributed by atoms with Crippen molar-refractivity contribution in [2.24, 2.45) is 0 Å². The number of aromatic hydroxyl groups is 1. The number of rotatable bonds is 4. The van der Waals surface area contributed by atoms with E-state index in [9.17, 15) is 14.7 Å². The van der Waals surface area contributed by atoms with Crippen LogP contribution in [0, 0.1) is 0 Å². The van der Waals surface area contributed by atoms with E-state index in [1.54, 1.807) is 30.3 Å². The average Bonchev–Trinajstić information content (AvgIpc) is 2.47. The third-order valence-corrected chi connectivity index (χ3v) is 2.83. The summed E-state index contributed by atoms with van der Waals surface area (Å²) in [5.41, 5.74) is 2.09. The van der Waals surface area contributed by atoms with Gasteiger partial charge in [0, 0.05) is 11.1 Å². The largest absolute Gasteiger partial charge is 0.507 e. The van der Waals surface area contributed by atoms with E-state index in [1.807, 2.05) is 0 Å². The van der Waals surface area contributed by atoms with Crippen LogP contribution in [0.1, 0.15) is 20.7 Å². The minimum Gasteiger partial charge on any atom is -0.507 e. The first-order valence-electron chi connectivity index (χ1n) is 5.61. The summed E-state index contributed by atoms with van der Waals surface area (Å²) in [6.07, 6.45) is 1.32. The van der Waals surface area contributed by atoms with Crippen molar-refractivity contribution in [3.05, 3.63) is 47.5 Å². The Morgan fingerprint density at radius 3 is 2.47 bits per heavy atom. The van der Waals surface area contributed by atoms with Crippen LogP contribution in [0.2, 0.25) is 0 Å². The molecule has 0 heterocycles. The summed E-state index contributed by atoms with van der Waals surface area (Å²) < 4.78 is 5.24. The zero-order valence-electron chi connectivity index (χ0n) is 10.3. The van der Waals surface area contributed by atoms with Gasteiger partial charge in [-0.3, -0.25) is 9.59 Å². The van der Waals surface area contributed by atoms with Crippen LogP contribution in [0.4, 0.5) is 0 Å². The number of hydrogen-bond acceptors (Lipinski definition) is 4. The van der Waals surface area contributed by atoms with E-state index in [2.05, 4.69) is 0 Å². The van der Waals surface area contributed by atoms with Gasteiger partial charge in [-0.1, -0.05) is 6.07 Å². The zero-order valence-corrected chi connectivity index (χ0v) is 10.3. The Morgan fingerprint density at radius 2 is 1.84 bits per heavy atom. The maximum atomic E-state index is 10.8. The van der Waals surface area contributed by atoms with Crippen molar-refractivity contribution in [3.63, 3.8) is 0 Å². The van der Waals surface area contributed by atoms with Gasteiger partial charge in [0.25, 0.3) is 0 Å². The first-order valence-corrected chi connectivity index (χ1v) is 5.61. The van der Waals surface area contributed by atoms with Crippen LogP contribution in [-0.2, 0) is 0 Å². The van der Waals surface area contributed by atoms with Crippen LogP contribution >= 0.6 is 0 Å². The highest BCUT2D eigenvalue weighted by Gasteiger charge is 2.09. The van der Waals surface area contributed by atoms with E-state index in [0.717, 1.165) is 6.29 Å². The van der Waals surface area contributed by atoms with E-state index in [1.165, 1.54) is 13.2 Å². The lowest BCUT2D eigenvalue weighted by molar-refractivity contribution is 0.111. The first kappa shape index (κ1) is 12.8. The molecule has 0 atom stereocenters. The van der Waals surface area contributed by atoms with Gasteiger partial charge in [-0.25, -0.2) is 0 Å². The summed E-state index contributed by atoms with van der Waals surface area (Å²) in [6.45, 7) is 0. The van der Waals surface area contributed by atoms with E-state index in [4.69, 9.17) is 4.74 Å². The first-order chi connectivity index (χ1) is 9.19. The number of carbonyl (C=O) groups is 2. The second kappa shape index (κ2) is 5.35. The molecule has 0 aliphatic rings. The molecule has 4 nitrogen and oxygen atoms in total. The number of benzene rings is 2. The number of methoxy groups -OCH3 is 1. The van der Waals surface area contributed by atoms with Crippen LogP contribution < -0.4 is 4.74 Å². The van der Waals surface area contributed by atoms with Crippen molar-refractivity contribution in [3.8, 4) is 22.6 Å².